The number of rotatable bonds is 4. The van der Waals surface area contributed by atoms with Gasteiger partial charge in [0.1, 0.15) is 5.75 Å². The van der Waals surface area contributed by atoms with Crippen LogP contribution in [0.2, 0.25) is 5.02 Å². The molecule has 0 heterocycles. The Morgan fingerprint density at radius 2 is 2.11 bits per heavy atom. The highest BCUT2D eigenvalue weighted by Gasteiger charge is 2.54. The highest BCUT2D eigenvalue weighted by Crippen LogP contribution is 2.59. The Hall–Kier alpha value is -0.730. The molecule has 1 aromatic carbocycles. The summed E-state index contributed by atoms with van der Waals surface area (Å²) in [5.41, 5.74) is 7.52. The fourth-order valence-electron chi connectivity index (χ4n) is 3.81. The molecule has 3 atom stereocenters. The van der Waals surface area contributed by atoms with Crippen LogP contribution in [-0.2, 0) is 6.42 Å². The lowest BCUT2D eigenvalue weighted by Crippen LogP contribution is -2.27. The Morgan fingerprint density at radius 1 is 1.39 bits per heavy atom. The number of benzene rings is 1. The van der Waals surface area contributed by atoms with Gasteiger partial charge in [-0.05, 0) is 60.8 Å². The molecular weight excluding hydrogens is 246 g/mol. The van der Waals surface area contributed by atoms with Crippen molar-refractivity contribution in [3.8, 4) is 5.75 Å². The summed E-state index contributed by atoms with van der Waals surface area (Å²) in [6, 6.07) is 6.03. The zero-order chi connectivity index (χ0) is 12.7. The van der Waals surface area contributed by atoms with Gasteiger partial charge in [-0.3, -0.25) is 0 Å². The van der Waals surface area contributed by atoms with E-state index in [0.29, 0.717) is 0 Å². The third kappa shape index (κ3) is 2.12. The average Bonchev–Trinajstić information content (AvgIpc) is 2.84. The number of ether oxygens (including phenoxy) is 1. The SMILES string of the molecule is COc1ccc(Cl)cc1CC(N)C1C2CCCC21. The first kappa shape index (κ1) is 12.3. The number of hydrogen-bond acceptors (Lipinski definition) is 2. The lowest BCUT2D eigenvalue weighted by atomic mass is 9.97. The Bertz CT molecular complexity index is 438. The van der Waals surface area contributed by atoms with Crippen LogP contribution in [0.5, 0.6) is 5.75 Å². The largest absolute Gasteiger partial charge is 0.496 e. The summed E-state index contributed by atoms with van der Waals surface area (Å²) in [6.45, 7) is 0. The van der Waals surface area contributed by atoms with E-state index in [1.165, 1.54) is 19.3 Å². The third-order valence-electron chi connectivity index (χ3n) is 4.67. The molecule has 0 radical (unpaired) electrons. The minimum Gasteiger partial charge on any atom is -0.496 e. The van der Waals surface area contributed by atoms with Crippen molar-refractivity contribution in [1.29, 1.82) is 0 Å². The number of methoxy groups -OCH3 is 1. The molecule has 3 heteroatoms. The lowest BCUT2D eigenvalue weighted by molar-refractivity contribution is 0.403. The normalized spacial score (nSPS) is 30.9. The van der Waals surface area contributed by atoms with E-state index in [-0.39, 0.29) is 6.04 Å². The summed E-state index contributed by atoms with van der Waals surface area (Å²) in [5.74, 6) is 3.46. The van der Waals surface area contributed by atoms with Crippen LogP contribution in [0.4, 0.5) is 0 Å². The molecule has 2 aliphatic carbocycles. The minimum atomic E-state index is 0.257. The van der Waals surface area contributed by atoms with Crippen LogP contribution in [0.1, 0.15) is 24.8 Å². The summed E-state index contributed by atoms with van der Waals surface area (Å²) in [7, 11) is 1.70. The smallest absolute Gasteiger partial charge is 0.122 e. The van der Waals surface area contributed by atoms with Gasteiger partial charge in [0.2, 0.25) is 0 Å². The van der Waals surface area contributed by atoms with Crippen LogP contribution >= 0.6 is 11.6 Å². The van der Waals surface area contributed by atoms with Gasteiger partial charge in [-0.15, -0.1) is 0 Å². The molecule has 0 bridgehead atoms. The second-order valence-electron chi connectivity index (χ2n) is 5.66. The number of nitrogens with two attached hydrogens (primary N) is 1. The van der Waals surface area contributed by atoms with E-state index in [4.69, 9.17) is 22.1 Å². The van der Waals surface area contributed by atoms with Crippen molar-refractivity contribution >= 4 is 11.6 Å². The summed E-state index contributed by atoms with van der Waals surface area (Å²) < 4.78 is 5.38. The minimum absolute atomic E-state index is 0.257. The fraction of sp³-hybridized carbons (Fsp3) is 0.600. The van der Waals surface area contributed by atoms with Crippen LogP contribution in [-0.4, -0.2) is 13.2 Å². The van der Waals surface area contributed by atoms with E-state index in [9.17, 15) is 0 Å². The molecule has 0 aliphatic heterocycles. The Morgan fingerprint density at radius 3 is 2.78 bits per heavy atom. The molecule has 3 unspecified atom stereocenters. The third-order valence-corrected chi connectivity index (χ3v) is 4.90. The van der Waals surface area contributed by atoms with E-state index in [1.54, 1.807) is 7.11 Å². The van der Waals surface area contributed by atoms with Gasteiger partial charge in [0.25, 0.3) is 0 Å². The van der Waals surface area contributed by atoms with E-state index in [2.05, 4.69) is 0 Å². The van der Waals surface area contributed by atoms with Crippen molar-refractivity contribution in [2.45, 2.75) is 31.7 Å². The molecule has 2 fully saturated rings. The molecule has 0 amide bonds. The molecule has 0 saturated heterocycles. The second kappa shape index (κ2) is 4.75. The van der Waals surface area contributed by atoms with Crippen molar-refractivity contribution in [2.75, 3.05) is 7.11 Å². The maximum absolute atomic E-state index is 6.38. The molecule has 18 heavy (non-hydrogen) atoms. The summed E-state index contributed by atoms with van der Waals surface area (Å²) in [5, 5.41) is 0.758. The van der Waals surface area contributed by atoms with Gasteiger partial charge in [-0.25, -0.2) is 0 Å². The van der Waals surface area contributed by atoms with Crippen LogP contribution in [0.15, 0.2) is 18.2 Å². The molecule has 3 rings (SSSR count). The van der Waals surface area contributed by atoms with Crippen molar-refractivity contribution in [2.24, 2.45) is 23.5 Å². The zero-order valence-electron chi connectivity index (χ0n) is 10.7. The van der Waals surface area contributed by atoms with Gasteiger partial charge in [-0.1, -0.05) is 18.0 Å². The molecule has 2 nitrogen and oxygen atoms in total. The van der Waals surface area contributed by atoms with Gasteiger partial charge >= 0.3 is 0 Å². The van der Waals surface area contributed by atoms with Gasteiger partial charge in [-0.2, -0.15) is 0 Å². The van der Waals surface area contributed by atoms with Crippen molar-refractivity contribution in [1.82, 2.24) is 0 Å². The van der Waals surface area contributed by atoms with Gasteiger partial charge < -0.3 is 10.5 Å². The standard InChI is InChI=1S/C15H20ClNO/c1-18-14-6-5-10(16)7-9(14)8-13(17)15-11-3-2-4-12(11)15/h5-7,11-13,15H,2-4,8,17H2,1H3. The second-order valence-corrected chi connectivity index (χ2v) is 6.10. The van der Waals surface area contributed by atoms with Crippen LogP contribution in [0.3, 0.4) is 0 Å². The molecule has 0 spiro atoms. The van der Waals surface area contributed by atoms with E-state index in [1.807, 2.05) is 18.2 Å². The quantitative estimate of drug-likeness (QED) is 0.907. The molecular formula is C15H20ClNO. The molecule has 2 N–H and O–H groups in total. The number of halogens is 1. The predicted molar refractivity (Wildman–Crippen MR) is 74.0 cm³/mol. The van der Waals surface area contributed by atoms with Crippen LogP contribution in [0.25, 0.3) is 0 Å². The van der Waals surface area contributed by atoms with Crippen molar-refractivity contribution < 1.29 is 4.74 Å². The average molecular weight is 266 g/mol. The Kier molecular flexibility index (Phi) is 3.25. The molecule has 0 aromatic heterocycles. The van der Waals surface area contributed by atoms with Gasteiger partial charge in [0, 0.05) is 11.1 Å². The molecule has 2 saturated carbocycles. The van der Waals surface area contributed by atoms with E-state index < -0.39 is 0 Å². The summed E-state index contributed by atoms with van der Waals surface area (Å²) >= 11 is 6.05. The summed E-state index contributed by atoms with van der Waals surface area (Å²) in [4.78, 5) is 0. The molecule has 1 aromatic rings. The van der Waals surface area contributed by atoms with Crippen molar-refractivity contribution in [3.05, 3.63) is 28.8 Å². The maximum atomic E-state index is 6.38. The maximum Gasteiger partial charge on any atom is 0.122 e. The van der Waals surface area contributed by atoms with Gasteiger partial charge in [0.05, 0.1) is 7.11 Å². The van der Waals surface area contributed by atoms with E-state index >= 15 is 0 Å². The highest BCUT2D eigenvalue weighted by molar-refractivity contribution is 6.30. The molecule has 98 valence electrons. The Balaban J connectivity index is 1.70. The first-order valence-corrected chi connectivity index (χ1v) is 7.16. The van der Waals surface area contributed by atoms with Crippen molar-refractivity contribution in [3.63, 3.8) is 0 Å². The highest BCUT2D eigenvalue weighted by atomic mass is 35.5. The monoisotopic (exact) mass is 265 g/mol. The van der Waals surface area contributed by atoms with Crippen LogP contribution < -0.4 is 10.5 Å². The van der Waals surface area contributed by atoms with Crippen LogP contribution in [0, 0.1) is 17.8 Å². The predicted octanol–water partition coefficient (Wildman–Crippen LogP) is 3.26. The first-order chi connectivity index (χ1) is 8.70. The Labute approximate surface area is 113 Å². The first-order valence-electron chi connectivity index (χ1n) is 6.78. The number of fused-ring (bicyclic) bond motifs is 1. The van der Waals surface area contributed by atoms with E-state index in [0.717, 1.165) is 40.5 Å². The zero-order valence-corrected chi connectivity index (χ0v) is 11.5. The number of hydrogen-bond donors (Lipinski definition) is 1. The molecule has 2 aliphatic rings. The van der Waals surface area contributed by atoms with Gasteiger partial charge in [0.15, 0.2) is 0 Å². The lowest BCUT2D eigenvalue weighted by Gasteiger charge is -2.16. The summed E-state index contributed by atoms with van der Waals surface area (Å²) in [6.07, 6.45) is 5.05. The topological polar surface area (TPSA) is 35.2 Å². The fourth-order valence-corrected chi connectivity index (χ4v) is 4.00.